The molecule has 1 aromatic carbocycles. The molecule has 0 aliphatic carbocycles. The first-order chi connectivity index (χ1) is 8.58. The molecule has 1 atom stereocenters. The summed E-state index contributed by atoms with van der Waals surface area (Å²) in [6, 6.07) is 5.62. The van der Waals surface area contributed by atoms with E-state index in [1.807, 2.05) is 0 Å². The van der Waals surface area contributed by atoms with Gasteiger partial charge in [0, 0.05) is 5.69 Å². The van der Waals surface area contributed by atoms with Gasteiger partial charge in [0.15, 0.2) is 0 Å². The van der Waals surface area contributed by atoms with Crippen LogP contribution < -0.4 is 10.6 Å². The summed E-state index contributed by atoms with van der Waals surface area (Å²) in [6.07, 6.45) is 1.23. The average molecular weight is 254 g/mol. The Balaban J connectivity index is 2.16. The van der Waals surface area contributed by atoms with Gasteiger partial charge in [-0.05, 0) is 50.6 Å². The lowest BCUT2D eigenvalue weighted by Crippen LogP contribution is -2.29. The van der Waals surface area contributed by atoms with Crippen molar-refractivity contribution in [1.82, 2.24) is 5.32 Å². The number of hydrogen-bond donors (Lipinski definition) is 3. The highest BCUT2D eigenvalue weighted by Gasteiger charge is 2.02. The van der Waals surface area contributed by atoms with E-state index in [1.165, 1.54) is 24.3 Å². The monoisotopic (exact) mass is 254 g/mol. The Morgan fingerprint density at radius 2 is 2.06 bits per heavy atom. The van der Waals surface area contributed by atoms with Gasteiger partial charge in [-0.3, -0.25) is 4.79 Å². The van der Waals surface area contributed by atoms with Gasteiger partial charge in [-0.1, -0.05) is 0 Å². The average Bonchev–Trinajstić information content (AvgIpc) is 2.31. The molecule has 0 heterocycles. The van der Waals surface area contributed by atoms with Gasteiger partial charge in [0.05, 0.1) is 12.6 Å². The third kappa shape index (κ3) is 6.32. The van der Waals surface area contributed by atoms with Gasteiger partial charge in [-0.15, -0.1) is 0 Å². The molecule has 18 heavy (non-hydrogen) atoms. The van der Waals surface area contributed by atoms with Crippen LogP contribution >= 0.6 is 0 Å². The highest BCUT2D eigenvalue weighted by Crippen LogP contribution is 2.07. The van der Waals surface area contributed by atoms with E-state index in [1.54, 1.807) is 6.92 Å². The van der Waals surface area contributed by atoms with Crippen molar-refractivity contribution in [3.05, 3.63) is 30.1 Å². The van der Waals surface area contributed by atoms with Crippen LogP contribution in [0.4, 0.5) is 10.1 Å². The quantitative estimate of drug-likeness (QED) is 0.646. The van der Waals surface area contributed by atoms with Gasteiger partial charge in [-0.25, -0.2) is 4.39 Å². The Morgan fingerprint density at radius 3 is 2.67 bits per heavy atom. The van der Waals surface area contributed by atoms with E-state index in [9.17, 15) is 9.18 Å². The van der Waals surface area contributed by atoms with Crippen LogP contribution in [0.5, 0.6) is 0 Å². The number of hydrogen-bond acceptors (Lipinski definition) is 3. The molecule has 0 aliphatic heterocycles. The first-order valence-corrected chi connectivity index (χ1v) is 6.02. The summed E-state index contributed by atoms with van der Waals surface area (Å²) in [5, 5.41) is 14.7. The summed E-state index contributed by atoms with van der Waals surface area (Å²) in [4.78, 5) is 11.5. The van der Waals surface area contributed by atoms with Crippen LogP contribution in [-0.2, 0) is 4.79 Å². The van der Waals surface area contributed by atoms with E-state index < -0.39 is 0 Å². The molecule has 3 N–H and O–H groups in total. The van der Waals surface area contributed by atoms with Crippen LogP contribution in [0.15, 0.2) is 24.3 Å². The van der Waals surface area contributed by atoms with E-state index in [0.717, 1.165) is 6.42 Å². The number of carbonyl (C=O) groups excluding carboxylic acids is 1. The number of carbonyl (C=O) groups is 1. The lowest BCUT2D eigenvalue weighted by Gasteiger charge is -2.07. The number of aliphatic hydroxyl groups is 1. The maximum atomic E-state index is 12.6. The lowest BCUT2D eigenvalue weighted by molar-refractivity contribution is -0.115. The minimum Gasteiger partial charge on any atom is -0.393 e. The molecule has 0 saturated carbocycles. The summed E-state index contributed by atoms with van der Waals surface area (Å²) >= 11 is 0. The standard InChI is InChI=1S/C13H19FN2O2/c1-10(17)3-2-8-15-9-13(18)16-12-6-4-11(14)5-7-12/h4-7,10,15,17H,2-3,8-9H2,1H3,(H,16,18). The van der Waals surface area contributed by atoms with Crippen molar-refractivity contribution in [3.8, 4) is 0 Å². The number of rotatable bonds is 7. The molecular weight excluding hydrogens is 235 g/mol. The van der Waals surface area contributed by atoms with Crippen molar-refractivity contribution in [3.63, 3.8) is 0 Å². The molecule has 100 valence electrons. The molecule has 0 aromatic heterocycles. The summed E-state index contributed by atoms with van der Waals surface area (Å²) in [6.45, 7) is 2.63. The Kier molecular flexibility index (Phi) is 6.32. The predicted molar refractivity (Wildman–Crippen MR) is 68.8 cm³/mol. The van der Waals surface area contributed by atoms with Crippen LogP contribution in [0.2, 0.25) is 0 Å². The second-order valence-electron chi connectivity index (χ2n) is 4.22. The highest BCUT2D eigenvalue weighted by atomic mass is 19.1. The topological polar surface area (TPSA) is 61.4 Å². The van der Waals surface area contributed by atoms with Crippen molar-refractivity contribution >= 4 is 11.6 Å². The SMILES string of the molecule is CC(O)CCCNCC(=O)Nc1ccc(F)cc1. The van der Waals surface area contributed by atoms with E-state index in [-0.39, 0.29) is 24.4 Å². The summed E-state index contributed by atoms with van der Waals surface area (Å²) in [7, 11) is 0. The molecule has 1 unspecified atom stereocenters. The fraction of sp³-hybridized carbons (Fsp3) is 0.462. The second-order valence-corrected chi connectivity index (χ2v) is 4.22. The maximum absolute atomic E-state index is 12.6. The maximum Gasteiger partial charge on any atom is 0.238 e. The van der Waals surface area contributed by atoms with Crippen LogP contribution in [-0.4, -0.2) is 30.2 Å². The Bertz CT molecular complexity index is 366. The normalized spacial score (nSPS) is 12.2. The number of amides is 1. The summed E-state index contributed by atoms with van der Waals surface area (Å²) in [5.74, 6) is -0.497. The van der Waals surface area contributed by atoms with Gasteiger partial charge in [-0.2, -0.15) is 0 Å². The molecular formula is C13H19FN2O2. The van der Waals surface area contributed by atoms with E-state index in [4.69, 9.17) is 5.11 Å². The van der Waals surface area contributed by atoms with Crippen LogP contribution in [0, 0.1) is 5.82 Å². The number of aliphatic hydroxyl groups excluding tert-OH is 1. The minimum absolute atomic E-state index is 0.168. The highest BCUT2D eigenvalue weighted by molar-refractivity contribution is 5.92. The largest absolute Gasteiger partial charge is 0.393 e. The zero-order chi connectivity index (χ0) is 13.4. The van der Waals surface area contributed by atoms with Crippen molar-refractivity contribution in [2.24, 2.45) is 0 Å². The van der Waals surface area contributed by atoms with Crippen molar-refractivity contribution in [2.75, 3.05) is 18.4 Å². The molecule has 0 fully saturated rings. The van der Waals surface area contributed by atoms with Crippen molar-refractivity contribution < 1.29 is 14.3 Å². The van der Waals surface area contributed by atoms with E-state index in [2.05, 4.69) is 10.6 Å². The first-order valence-electron chi connectivity index (χ1n) is 6.02. The zero-order valence-corrected chi connectivity index (χ0v) is 10.4. The predicted octanol–water partition coefficient (Wildman–Crippen LogP) is 1.51. The molecule has 0 radical (unpaired) electrons. The van der Waals surface area contributed by atoms with Gasteiger partial charge >= 0.3 is 0 Å². The summed E-state index contributed by atoms with van der Waals surface area (Å²) in [5.41, 5.74) is 0.576. The molecule has 4 nitrogen and oxygen atoms in total. The molecule has 0 saturated heterocycles. The fourth-order valence-corrected chi connectivity index (χ4v) is 1.46. The van der Waals surface area contributed by atoms with Crippen LogP contribution in [0.25, 0.3) is 0 Å². The third-order valence-electron chi connectivity index (χ3n) is 2.39. The Morgan fingerprint density at radius 1 is 1.39 bits per heavy atom. The number of benzene rings is 1. The second kappa shape index (κ2) is 7.79. The molecule has 1 aromatic rings. The smallest absolute Gasteiger partial charge is 0.238 e. The van der Waals surface area contributed by atoms with Gasteiger partial charge in [0.1, 0.15) is 5.82 Å². The number of halogens is 1. The molecule has 0 spiro atoms. The number of nitrogens with one attached hydrogen (secondary N) is 2. The molecule has 0 aliphatic rings. The summed E-state index contributed by atoms with van der Waals surface area (Å²) < 4.78 is 12.6. The van der Waals surface area contributed by atoms with Gasteiger partial charge in [0.2, 0.25) is 5.91 Å². The van der Waals surface area contributed by atoms with E-state index in [0.29, 0.717) is 18.7 Å². The zero-order valence-electron chi connectivity index (χ0n) is 10.4. The van der Waals surface area contributed by atoms with Crippen LogP contribution in [0.3, 0.4) is 0 Å². The van der Waals surface area contributed by atoms with E-state index >= 15 is 0 Å². The van der Waals surface area contributed by atoms with Crippen molar-refractivity contribution in [2.45, 2.75) is 25.9 Å². The van der Waals surface area contributed by atoms with Gasteiger partial charge < -0.3 is 15.7 Å². The van der Waals surface area contributed by atoms with Crippen molar-refractivity contribution in [1.29, 1.82) is 0 Å². The molecule has 0 bridgehead atoms. The van der Waals surface area contributed by atoms with Gasteiger partial charge in [0.25, 0.3) is 0 Å². The number of anilines is 1. The third-order valence-corrected chi connectivity index (χ3v) is 2.39. The Hall–Kier alpha value is -1.46. The Labute approximate surface area is 106 Å². The van der Waals surface area contributed by atoms with Crippen LogP contribution in [0.1, 0.15) is 19.8 Å². The molecule has 5 heteroatoms. The molecule has 1 rings (SSSR count). The lowest BCUT2D eigenvalue weighted by atomic mass is 10.2. The minimum atomic E-state index is -0.329. The first kappa shape index (κ1) is 14.6. The molecule has 1 amide bonds. The fourth-order valence-electron chi connectivity index (χ4n) is 1.46.